The van der Waals surface area contributed by atoms with Crippen LogP contribution in [0.1, 0.15) is 12.8 Å². The molecule has 5 nitrogen and oxygen atoms in total. The minimum Gasteiger partial charge on any atom is -0.323 e. The van der Waals surface area contributed by atoms with Gasteiger partial charge in [-0.2, -0.15) is 0 Å². The number of hydrogen-bond acceptors (Lipinski definition) is 3. The highest BCUT2D eigenvalue weighted by atomic mass is 32.2. The second-order valence-electron chi connectivity index (χ2n) is 5.07. The van der Waals surface area contributed by atoms with Gasteiger partial charge in [0, 0.05) is 19.2 Å². The number of hydrogen-bond donors (Lipinski definition) is 1. The van der Waals surface area contributed by atoms with Crippen molar-refractivity contribution in [1.82, 2.24) is 4.31 Å². The number of halogens is 2. The summed E-state index contributed by atoms with van der Waals surface area (Å²) in [5.41, 5.74) is -0.113. The number of sulfonamides is 1. The molecule has 1 N–H and O–H groups in total. The molecule has 1 saturated heterocycles. The smallest absolute Gasteiger partial charge is 0.228 e. The fourth-order valence-electron chi connectivity index (χ4n) is 2.28. The zero-order valence-electron chi connectivity index (χ0n) is 11.5. The third-order valence-electron chi connectivity index (χ3n) is 3.41. The molecule has 1 amide bonds. The average molecular weight is 318 g/mol. The van der Waals surface area contributed by atoms with Crippen molar-refractivity contribution >= 4 is 21.6 Å². The minimum atomic E-state index is -3.35. The van der Waals surface area contributed by atoms with Gasteiger partial charge in [-0.15, -0.1) is 0 Å². The molecule has 0 spiro atoms. The fraction of sp³-hybridized carbons (Fsp3) is 0.462. The van der Waals surface area contributed by atoms with E-state index in [4.69, 9.17) is 0 Å². The van der Waals surface area contributed by atoms with E-state index in [1.165, 1.54) is 4.31 Å². The second-order valence-corrected chi connectivity index (χ2v) is 7.06. The summed E-state index contributed by atoms with van der Waals surface area (Å²) in [6.07, 6.45) is 2.19. The molecule has 1 aliphatic heterocycles. The zero-order chi connectivity index (χ0) is 15.6. The monoisotopic (exact) mass is 318 g/mol. The molecule has 21 heavy (non-hydrogen) atoms. The number of piperidine rings is 1. The van der Waals surface area contributed by atoms with Gasteiger partial charge in [-0.1, -0.05) is 0 Å². The summed E-state index contributed by atoms with van der Waals surface area (Å²) in [7, 11) is -3.35. The molecule has 8 heteroatoms. The lowest BCUT2D eigenvalue weighted by molar-refractivity contribution is -0.120. The second kappa shape index (κ2) is 6.07. The highest BCUT2D eigenvalue weighted by molar-refractivity contribution is 7.88. The van der Waals surface area contributed by atoms with Crippen LogP contribution in [-0.4, -0.2) is 38.0 Å². The van der Waals surface area contributed by atoms with Gasteiger partial charge in [-0.25, -0.2) is 21.5 Å². The Morgan fingerprint density at radius 3 is 2.71 bits per heavy atom. The third-order valence-corrected chi connectivity index (χ3v) is 4.68. The maximum absolute atomic E-state index is 13.5. The van der Waals surface area contributed by atoms with Crippen LogP contribution in [0.15, 0.2) is 18.2 Å². The largest absolute Gasteiger partial charge is 0.323 e. The first-order chi connectivity index (χ1) is 9.77. The molecular formula is C13H16F2N2O3S. The van der Waals surface area contributed by atoms with E-state index < -0.39 is 33.5 Å². The maximum Gasteiger partial charge on any atom is 0.228 e. The van der Waals surface area contributed by atoms with Gasteiger partial charge in [-0.05, 0) is 25.0 Å². The average Bonchev–Trinajstić information content (AvgIpc) is 2.41. The first kappa shape index (κ1) is 15.8. The van der Waals surface area contributed by atoms with Gasteiger partial charge in [0.1, 0.15) is 11.6 Å². The van der Waals surface area contributed by atoms with Gasteiger partial charge in [-0.3, -0.25) is 4.79 Å². The Balaban J connectivity index is 2.06. The molecule has 1 heterocycles. The van der Waals surface area contributed by atoms with Crippen LogP contribution in [0.2, 0.25) is 0 Å². The van der Waals surface area contributed by atoms with E-state index in [1.807, 2.05) is 0 Å². The van der Waals surface area contributed by atoms with E-state index >= 15 is 0 Å². The van der Waals surface area contributed by atoms with Crippen LogP contribution >= 0.6 is 0 Å². The van der Waals surface area contributed by atoms with Crippen LogP contribution in [0.4, 0.5) is 14.5 Å². The summed E-state index contributed by atoms with van der Waals surface area (Å²) < 4.78 is 50.5. The van der Waals surface area contributed by atoms with Crippen molar-refractivity contribution in [3.63, 3.8) is 0 Å². The molecule has 1 aromatic carbocycles. The highest BCUT2D eigenvalue weighted by Gasteiger charge is 2.30. The van der Waals surface area contributed by atoms with Gasteiger partial charge in [0.05, 0.1) is 17.9 Å². The van der Waals surface area contributed by atoms with Crippen molar-refractivity contribution in [3.8, 4) is 0 Å². The van der Waals surface area contributed by atoms with Crippen molar-refractivity contribution < 1.29 is 22.0 Å². The van der Waals surface area contributed by atoms with Crippen molar-refractivity contribution in [2.45, 2.75) is 12.8 Å². The number of benzene rings is 1. The van der Waals surface area contributed by atoms with Crippen LogP contribution in [0.3, 0.4) is 0 Å². The Bertz CT molecular complexity index is 649. The normalized spacial score (nSPS) is 20.2. The fourth-order valence-corrected chi connectivity index (χ4v) is 3.19. The number of carbonyl (C=O) groups excluding carboxylic acids is 1. The summed E-state index contributed by atoms with van der Waals surface area (Å²) in [4.78, 5) is 12.1. The lowest BCUT2D eigenvalue weighted by Gasteiger charge is -2.30. The SMILES string of the molecule is CS(=O)(=O)N1CCC[C@@H](C(=O)Nc2ccc(F)cc2F)C1. The number of nitrogens with one attached hydrogen (secondary N) is 1. The van der Waals surface area contributed by atoms with Crippen molar-refractivity contribution in [2.24, 2.45) is 5.92 Å². The molecule has 1 aromatic rings. The number of amides is 1. The van der Waals surface area contributed by atoms with E-state index in [0.29, 0.717) is 25.5 Å². The van der Waals surface area contributed by atoms with Gasteiger partial charge in [0.25, 0.3) is 0 Å². The first-order valence-corrected chi connectivity index (χ1v) is 8.33. The molecule has 0 unspecified atom stereocenters. The summed E-state index contributed by atoms with van der Waals surface area (Å²) in [6.45, 7) is 0.459. The number of anilines is 1. The Kier molecular flexibility index (Phi) is 4.58. The molecule has 0 saturated carbocycles. The molecule has 1 aliphatic rings. The standard InChI is InChI=1S/C13H16F2N2O3S/c1-21(19,20)17-6-2-3-9(8-17)13(18)16-12-5-4-10(14)7-11(12)15/h4-5,7,9H,2-3,6,8H2,1H3,(H,16,18)/t9-/m1/s1. The Morgan fingerprint density at radius 2 is 2.10 bits per heavy atom. The van der Waals surface area contributed by atoms with Gasteiger partial charge < -0.3 is 5.32 Å². The first-order valence-electron chi connectivity index (χ1n) is 6.48. The molecule has 0 aromatic heterocycles. The van der Waals surface area contributed by atoms with E-state index in [0.717, 1.165) is 18.4 Å². The van der Waals surface area contributed by atoms with E-state index in [2.05, 4.69) is 5.32 Å². The molecule has 116 valence electrons. The zero-order valence-corrected chi connectivity index (χ0v) is 12.3. The van der Waals surface area contributed by atoms with Crippen LogP contribution < -0.4 is 5.32 Å². The number of carbonyl (C=O) groups is 1. The predicted octanol–water partition coefficient (Wildman–Crippen LogP) is 1.57. The predicted molar refractivity (Wildman–Crippen MR) is 74.1 cm³/mol. The van der Waals surface area contributed by atoms with Crippen LogP contribution in [0, 0.1) is 17.6 Å². The molecular weight excluding hydrogens is 302 g/mol. The number of nitrogens with zero attached hydrogens (tertiary/aromatic N) is 1. The van der Waals surface area contributed by atoms with E-state index in [9.17, 15) is 22.0 Å². The van der Waals surface area contributed by atoms with E-state index in [1.54, 1.807) is 0 Å². The topological polar surface area (TPSA) is 66.5 Å². The summed E-state index contributed by atoms with van der Waals surface area (Å²) in [5, 5.41) is 2.38. The van der Waals surface area contributed by atoms with Crippen molar-refractivity contribution in [3.05, 3.63) is 29.8 Å². The molecule has 1 fully saturated rings. The van der Waals surface area contributed by atoms with E-state index in [-0.39, 0.29) is 12.2 Å². The Hall–Kier alpha value is -1.54. The maximum atomic E-state index is 13.5. The third kappa shape index (κ3) is 3.98. The molecule has 1 atom stereocenters. The summed E-state index contributed by atoms with van der Waals surface area (Å²) >= 11 is 0. The minimum absolute atomic E-state index is 0.0769. The van der Waals surface area contributed by atoms with Crippen molar-refractivity contribution in [2.75, 3.05) is 24.7 Å². The lowest BCUT2D eigenvalue weighted by atomic mass is 9.98. The van der Waals surface area contributed by atoms with Crippen LogP contribution in [0.25, 0.3) is 0 Å². The summed E-state index contributed by atoms with van der Waals surface area (Å²) in [5.74, 6) is -2.60. The Morgan fingerprint density at radius 1 is 1.38 bits per heavy atom. The molecule has 0 aliphatic carbocycles. The van der Waals surface area contributed by atoms with Gasteiger partial charge in [0.15, 0.2) is 0 Å². The lowest BCUT2D eigenvalue weighted by Crippen LogP contribution is -2.43. The van der Waals surface area contributed by atoms with Crippen molar-refractivity contribution in [1.29, 1.82) is 0 Å². The molecule has 0 bridgehead atoms. The summed E-state index contributed by atoms with van der Waals surface area (Å²) in [6, 6.07) is 2.86. The Labute approximate surface area is 122 Å². The van der Waals surface area contributed by atoms with Gasteiger partial charge in [0.2, 0.25) is 15.9 Å². The quantitative estimate of drug-likeness (QED) is 0.920. The van der Waals surface area contributed by atoms with Crippen LogP contribution in [-0.2, 0) is 14.8 Å². The van der Waals surface area contributed by atoms with Crippen LogP contribution in [0.5, 0.6) is 0 Å². The molecule has 2 rings (SSSR count). The number of rotatable bonds is 3. The highest BCUT2D eigenvalue weighted by Crippen LogP contribution is 2.22. The van der Waals surface area contributed by atoms with Gasteiger partial charge >= 0.3 is 0 Å². The molecule has 0 radical (unpaired) electrons.